The van der Waals surface area contributed by atoms with Gasteiger partial charge in [0.05, 0.1) is 23.7 Å². The first-order chi connectivity index (χ1) is 10.6. The first-order valence-electron chi connectivity index (χ1n) is 7.61. The number of hydrogen-bond acceptors (Lipinski definition) is 4. The number of nitrogens with two attached hydrogens (primary N) is 1. The van der Waals surface area contributed by atoms with Crippen molar-refractivity contribution >= 4 is 35.6 Å². The molecule has 0 spiro atoms. The predicted molar refractivity (Wildman–Crippen MR) is 94.7 cm³/mol. The summed E-state index contributed by atoms with van der Waals surface area (Å²) in [4.78, 5) is 11.9. The van der Waals surface area contributed by atoms with Crippen LogP contribution < -0.4 is 15.8 Å². The molecule has 0 heterocycles. The van der Waals surface area contributed by atoms with Gasteiger partial charge in [-0.1, -0.05) is 11.6 Å². The number of ether oxygens (including phenoxy) is 2. The molecule has 1 unspecified atom stereocenters. The minimum atomic E-state index is -0.277. The number of carbonyl (C=O) groups excluding carboxylic acids is 1. The standard InChI is InChI=1S/C16H23ClN2O3.ClH/c1-21-13(10-18)9-16(20)19-11-6-7-15(14(17)8-11)22-12-4-2-3-5-12;/h6-8,12-13H,2-5,9-10,18H2,1H3,(H,19,20);1H. The molecule has 3 N–H and O–H groups in total. The summed E-state index contributed by atoms with van der Waals surface area (Å²) in [6.45, 7) is 0.304. The van der Waals surface area contributed by atoms with E-state index in [1.165, 1.54) is 20.0 Å². The average molecular weight is 363 g/mol. The second-order valence-corrected chi connectivity index (χ2v) is 5.92. The second-order valence-electron chi connectivity index (χ2n) is 5.52. The minimum absolute atomic E-state index is 0. The fourth-order valence-electron chi connectivity index (χ4n) is 2.54. The Morgan fingerprint density at radius 2 is 2.13 bits per heavy atom. The topological polar surface area (TPSA) is 73.6 Å². The lowest BCUT2D eigenvalue weighted by atomic mass is 10.2. The van der Waals surface area contributed by atoms with E-state index in [4.69, 9.17) is 26.8 Å². The Kier molecular flexibility index (Phi) is 8.69. The number of nitrogens with one attached hydrogen (secondary N) is 1. The monoisotopic (exact) mass is 362 g/mol. The summed E-state index contributed by atoms with van der Waals surface area (Å²) >= 11 is 6.23. The highest BCUT2D eigenvalue weighted by Crippen LogP contribution is 2.31. The molecule has 23 heavy (non-hydrogen) atoms. The summed E-state index contributed by atoms with van der Waals surface area (Å²) in [6.07, 6.45) is 4.76. The highest BCUT2D eigenvalue weighted by molar-refractivity contribution is 6.32. The van der Waals surface area contributed by atoms with Crippen LogP contribution in [0.25, 0.3) is 0 Å². The Labute approximate surface area is 148 Å². The molecule has 0 aliphatic heterocycles. The molecule has 130 valence electrons. The lowest BCUT2D eigenvalue weighted by molar-refractivity contribution is -0.118. The number of halogens is 2. The third kappa shape index (κ3) is 6.18. The fraction of sp³-hybridized carbons (Fsp3) is 0.562. The minimum Gasteiger partial charge on any atom is -0.489 e. The van der Waals surface area contributed by atoms with Crippen LogP contribution in [-0.4, -0.2) is 31.8 Å². The van der Waals surface area contributed by atoms with Crippen LogP contribution in [0.4, 0.5) is 5.69 Å². The number of amides is 1. The summed E-state index contributed by atoms with van der Waals surface area (Å²) < 4.78 is 11.0. The van der Waals surface area contributed by atoms with Crippen LogP contribution in [0.2, 0.25) is 5.02 Å². The van der Waals surface area contributed by atoms with E-state index in [1.807, 2.05) is 0 Å². The van der Waals surface area contributed by atoms with Gasteiger partial charge in [0.2, 0.25) is 5.91 Å². The van der Waals surface area contributed by atoms with E-state index < -0.39 is 0 Å². The van der Waals surface area contributed by atoms with Crippen LogP contribution in [-0.2, 0) is 9.53 Å². The van der Waals surface area contributed by atoms with Crippen LogP contribution in [0, 0.1) is 0 Å². The molecule has 0 radical (unpaired) electrons. The molecule has 1 atom stereocenters. The Bertz CT molecular complexity index is 504. The van der Waals surface area contributed by atoms with E-state index in [0.717, 1.165) is 12.8 Å². The molecule has 0 bridgehead atoms. The average Bonchev–Trinajstić information content (AvgIpc) is 3.00. The molecule has 2 rings (SSSR count). The second kappa shape index (κ2) is 9.98. The van der Waals surface area contributed by atoms with Gasteiger partial charge in [0.25, 0.3) is 0 Å². The molecule has 7 heteroatoms. The number of benzene rings is 1. The van der Waals surface area contributed by atoms with Gasteiger partial charge in [-0.3, -0.25) is 4.79 Å². The number of rotatable bonds is 7. The van der Waals surface area contributed by atoms with Crippen LogP contribution in [0.1, 0.15) is 32.1 Å². The van der Waals surface area contributed by atoms with Gasteiger partial charge >= 0.3 is 0 Å². The molecule has 0 aromatic heterocycles. The summed E-state index contributed by atoms with van der Waals surface area (Å²) in [7, 11) is 1.54. The zero-order valence-electron chi connectivity index (χ0n) is 13.2. The van der Waals surface area contributed by atoms with Gasteiger partial charge in [-0.2, -0.15) is 0 Å². The van der Waals surface area contributed by atoms with Gasteiger partial charge in [-0.05, 0) is 43.9 Å². The van der Waals surface area contributed by atoms with E-state index in [0.29, 0.717) is 23.0 Å². The van der Waals surface area contributed by atoms with Gasteiger partial charge < -0.3 is 20.5 Å². The number of hydrogen-bond donors (Lipinski definition) is 2. The van der Waals surface area contributed by atoms with E-state index >= 15 is 0 Å². The Morgan fingerprint density at radius 1 is 1.43 bits per heavy atom. The van der Waals surface area contributed by atoms with Gasteiger partial charge in [-0.25, -0.2) is 0 Å². The SMILES string of the molecule is COC(CN)CC(=O)Nc1ccc(OC2CCCC2)c(Cl)c1.Cl. The molecule has 1 aliphatic carbocycles. The molecule has 1 fully saturated rings. The molecule has 1 aromatic carbocycles. The normalized spacial score (nSPS) is 15.8. The third-order valence-electron chi connectivity index (χ3n) is 3.82. The van der Waals surface area contributed by atoms with Crippen molar-refractivity contribution in [3.63, 3.8) is 0 Å². The molecular formula is C16H24Cl2N2O3. The number of methoxy groups -OCH3 is 1. The molecule has 1 amide bonds. The largest absolute Gasteiger partial charge is 0.489 e. The Hall–Kier alpha value is -1.01. The number of carbonyl (C=O) groups is 1. The quantitative estimate of drug-likeness (QED) is 0.779. The van der Waals surface area contributed by atoms with Gasteiger partial charge in [-0.15, -0.1) is 12.4 Å². The van der Waals surface area contributed by atoms with Crippen molar-refractivity contribution in [3.8, 4) is 5.75 Å². The summed E-state index contributed by atoms with van der Waals surface area (Å²) in [5, 5.41) is 3.29. The highest BCUT2D eigenvalue weighted by Gasteiger charge is 2.18. The molecule has 1 saturated carbocycles. The molecule has 1 aromatic rings. The van der Waals surface area contributed by atoms with Crippen molar-refractivity contribution in [2.45, 2.75) is 44.3 Å². The third-order valence-corrected chi connectivity index (χ3v) is 4.12. The van der Waals surface area contributed by atoms with E-state index in [9.17, 15) is 4.79 Å². The Morgan fingerprint density at radius 3 is 2.70 bits per heavy atom. The lowest BCUT2D eigenvalue weighted by Crippen LogP contribution is -2.28. The van der Waals surface area contributed by atoms with E-state index in [1.54, 1.807) is 18.2 Å². The van der Waals surface area contributed by atoms with E-state index in [2.05, 4.69) is 5.32 Å². The van der Waals surface area contributed by atoms with Crippen LogP contribution in [0.3, 0.4) is 0 Å². The van der Waals surface area contributed by atoms with Crippen LogP contribution >= 0.6 is 24.0 Å². The zero-order chi connectivity index (χ0) is 15.9. The molecular weight excluding hydrogens is 339 g/mol. The van der Waals surface area contributed by atoms with Crippen molar-refractivity contribution in [2.75, 3.05) is 19.0 Å². The van der Waals surface area contributed by atoms with Gasteiger partial charge in [0.1, 0.15) is 5.75 Å². The molecule has 5 nitrogen and oxygen atoms in total. The van der Waals surface area contributed by atoms with Crippen LogP contribution in [0.15, 0.2) is 18.2 Å². The maximum Gasteiger partial charge on any atom is 0.227 e. The van der Waals surface area contributed by atoms with Crippen molar-refractivity contribution in [3.05, 3.63) is 23.2 Å². The molecule has 1 aliphatic rings. The smallest absolute Gasteiger partial charge is 0.227 e. The van der Waals surface area contributed by atoms with Crippen molar-refractivity contribution < 1.29 is 14.3 Å². The predicted octanol–water partition coefficient (Wildman–Crippen LogP) is 3.39. The summed E-state index contributed by atoms with van der Waals surface area (Å²) in [5.41, 5.74) is 6.14. The first-order valence-corrected chi connectivity index (χ1v) is 7.99. The van der Waals surface area contributed by atoms with E-state index in [-0.39, 0.29) is 36.9 Å². The molecule has 0 saturated heterocycles. The fourth-order valence-corrected chi connectivity index (χ4v) is 2.77. The van der Waals surface area contributed by atoms with Crippen molar-refractivity contribution in [2.24, 2.45) is 5.73 Å². The first kappa shape index (κ1) is 20.0. The summed E-state index contributed by atoms with van der Waals surface area (Å²) in [5.74, 6) is 0.515. The van der Waals surface area contributed by atoms with Crippen molar-refractivity contribution in [1.29, 1.82) is 0 Å². The highest BCUT2D eigenvalue weighted by atomic mass is 35.5. The maximum atomic E-state index is 11.9. The summed E-state index contributed by atoms with van der Waals surface area (Å²) in [6, 6.07) is 5.29. The zero-order valence-corrected chi connectivity index (χ0v) is 14.8. The maximum absolute atomic E-state index is 11.9. The Balaban J connectivity index is 0.00000264. The lowest BCUT2D eigenvalue weighted by Gasteiger charge is -2.16. The number of anilines is 1. The van der Waals surface area contributed by atoms with Gasteiger partial charge in [0.15, 0.2) is 0 Å². The van der Waals surface area contributed by atoms with Crippen molar-refractivity contribution in [1.82, 2.24) is 0 Å². The van der Waals surface area contributed by atoms with Crippen LogP contribution in [0.5, 0.6) is 5.75 Å². The van der Waals surface area contributed by atoms with Gasteiger partial charge in [0, 0.05) is 19.3 Å².